The van der Waals surface area contributed by atoms with Gasteiger partial charge >= 0.3 is 0 Å². The minimum atomic E-state index is 0.684. The van der Waals surface area contributed by atoms with Gasteiger partial charge in [0.1, 0.15) is 5.75 Å². The third-order valence-electron chi connectivity index (χ3n) is 3.18. The summed E-state index contributed by atoms with van der Waals surface area (Å²) in [6, 6.07) is 8.34. The number of hydrogen-bond donors (Lipinski definition) is 1. The number of thiazole rings is 1. The Bertz CT molecular complexity index is 534. The summed E-state index contributed by atoms with van der Waals surface area (Å²) in [5.74, 6) is 1.64. The van der Waals surface area contributed by atoms with Crippen molar-refractivity contribution in [2.75, 3.05) is 6.61 Å². The number of hydrogen-bond acceptors (Lipinski definition) is 4. The first-order valence-corrected chi connectivity index (χ1v) is 8.29. The molecule has 3 nitrogen and oxygen atoms in total. The highest BCUT2D eigenvalue weighted by Crippen LogP contribution is 2.14. The molecule has 0 radical (unpaired) electrons. The Morgan fingerprint density at radius 2 is 1.95 bits per heavy atom. The largest absolute Gasteiger partial charge is 0.494 e. The van der Waals surface area contributed by atoms with Gasteiger partial charge in [-0.05, 0) is 37.0 Å². The van der Waals surface area contributed by atoms with Gasteiger partial charge in [-0.3, -0.25) is 0 Å². The zero-order chi connectivity index (χ0) is 15.1. The van der Waals surface area contributed by atoms with Crippen molar-refractivity contribution >= 4 is 11.3 Å². The summed E-state index contributed by atoms with van der Waals surface area (Å²) in [5.41, 5.74) is 1.27. The summed E-state index contributed by atoms with van der Waals surface area (Å²) in [5, 5.41) is 4.56. The molecule has 0 fully saturated rings. The summed E-state index contributed by atoms with van der Waals surface area (Å²) in [6.45, 7) is 8.99. The lowest BCUT2D eigenvalue weighted by Crippen LogP contribution is -2.11. The van der Waals surface area contributed by atoms with E-state index in [1.54, 1.807) is 11.3 Å². The van der Waals surface area contributed by atoms with Gasteiger partial charge in [0.05, 0.1) is 11.6 Å². The van der Waals surface area contributed by atoms with Gasteiger partial charge in [-0.25, -0.2) is 4.98 Å². The predicted molar refractivity (Wildman–Crippen MR) is 88.8 cm³/mol. The molecule has 0 spiro atoms. The molecule has 0 atom stereocenters. The van der Waals surface area contributed by atoms with Crippen molar-refractivity contribution in [2.45, 2.75) is 40.3 Å². The molecular formula is C17H24N2OS. The van der Waals surface area contributed by atoms with Gasteiger partial charge in [0, 0.05) is 24.2 Å². The smallest absolute Gasteiger partial charge is 0.119 e. The van der Waals surface area contributed by atoms with E-state index in [-0.39, 0.29) is 0 Å². The molecule has 0 aliphatic rings. The van der Waals surface area contributed by atoms with Crippen LogP contribution in [0.25, 0.3) is 0 Å². The summed E-state index contributed by atoms with van der Waals surface area (Å²) in [4.78, 5) is 5.54. The summed E-state index contributed by atoms with van der Waals surface area (Å²) < 4.78 is 5.72. The molecule has 0 aliphatic heterocycles. The van der Waals surface area contributed by atoms with E-state index in [9.17, 15) is 0 Å². The lowest BCUT2D eigenvalue weighted by atomic mass is 10.1. The van der Waals surface area contributed by atoms with E-state index >= 15 is 0 Å². The molecule has 2 rings (SSSR count). The topological polar surface area (TPSA) is 34.2 Å². The lowest BCUT2D eigenvalue weighted by Gasteiger charge is -2.09. The van der Waals surface area contributed by atoms with Gasteiger partial charge in [-0.2, -0.15) is 0 Å². The van der Waals surface area contributed by atoms with E-state index in [4.69, 9.17) is 4.74 Å². The van der Waals surface area contributed by atoms with Crippen molar-refractivity contribution in [3.63, 3.8) is 0 Å². The highest BCUT2D eigenvalue weighted by Gasteiger charge is 2.00. The van der Waals surface area contributed by atoms with Crippen LogP contribution in [0, 0.1) is 12.8 Å². The van der Waals surface area contributed by atoms with E-state index in [0.29, 0.717) is 5.92 Å². The van der Waals surface area contributed by atoms with Crippen LogP contribution in [0.3, 0.4) is 0 Å². The standard InChI is InChI=1S/C17H24N2OS/c1-13(2)8-9-20-16-6-4-15(5-7-16)10-18-11-17-12-19-14(3)21-17/h4-7,12-13,18H,8-11H2,1-3H3. The van der Waals surface area contributed by atoms with Crippen LogP contribution in [0.15, 0.2) is 30.5 Å². The molecule has 2 aromatic rings. The fourth-order valence-corrected chi connectivity index (χ4v) is 2.70. The van der Waals surface area contributed by atoms with Crippen molar-refractivity contribution in [1.82, 2.24) is 10.3 Å². The second kappa shape index (κ2) is 8.15. The van der Waals surface area contributed by atoms with Crippen LogP contribution in [-0.4, -0.2) is 11.6 Å². The predicted octanol–water partition coefficient (Wildman–Crippen LogP) is 4.17. The number of rotatable bonds is 8. The van der Waals surface area contributed by atoms with E-state index < -0.39 is 0 Å². The molecule has 0 bridgehead atoms. The van der Waals surface area contributed by atoms with Crippen molar-refractivity contribution < 1.29 is 4.74 Å². The maximum Gasteiger partial charge on any atom is 0.119 e. The Hall–Kier alpha value is -1.39. The van der Waals surface area contributed by atoms with E-state index in [2.05, 4.69) is 36.3 Å². The molecule has 1 N–H and O–H groups in total. The molecule has 0 saturated heterocycles. The molecule has 0 unspecified atom stereocenters. The second-order valence-electron chi connectivity index (χ2n) is 5.62. The summed E-state index contributed by atoms with van der Waals surface area (Å²) in [7, 11) is 0. The Labute approximate surface area is 131 Å². The van der Waals surface area contributed by atoms with Crippen LogP contribution in [-0.2, 0) is 13.1 Å². The van der Waals surface area contributed by atoms with Crippen molar-refractivity contribution in [3.05, 3.63) is 45.9 Å². The number of ether oxygens (including phenoxy) is 1. The van der Waals surface area contributed by atoms with Crippen LogP contribution in [0.1, 0.15) is 35.7 Å². The van der Waals surface area contributed by atoms with E-state index in [1.165, 1.54) is 10.4 Å². The first-order chi connectivity index (χ1) is 10.1. The minimum absolute atomic E-state index is 0.684. The maximum absolute atomic E-state index is 5.72. The number of nitrogens with one attached hydrogen (secondary N) is 1. The third-order valence-corrected chi connectivity index (χ3v) is 4.10. The van der Waals surface area contributed by atoms with E-state index in [1.807, 2.05) is 25.3 Å². The van der Waals surface area contributed by atoms with Crippen LogP contribution < -0.4 is 10.1 Å². The molecule has 1 aromatic heterocycles. The fraction of sp³-hybridized carbons (Fsp3) is 0.471. The molecule has 1 heterocycles. The summed E-state index contributed by atoms with van der Waals surface area (Å²) >= 11 is 1.74. The average molecular weight is 304 g/mol. The molecule has 0 saturated carbocycles. The number of aromatic nitrogens is 1. The average Bonchev–Trinajstić information content (AvgIpc) is 2.86. The van der Waals surface area contributed by atoms with Crippen LogP contribution in [0.5, 0.6) is 5.75 Å². The van der Waals surface area contributed by atoms with Crippen LogP contribution in [0.4, 0.5) is 0 Å². The highest BCUT2D eigenvalue weighted by molar-refractivity contribution is 7.11. The lowest BCUT2D eigenvalue weighted by molar-refractivity contribution is 0.289. The monoisotopic (exact) mass is 304 g/mol. The molecule has 0 amide bonds. The van der Waals surface area contributed by atoms with Gasteiger partial charge < -0.3 is 10.1 Å². The van der Waals surface area contributed by atoms with Crippen LogP contribution >= 0.6 is 11.3 Å². The Balaban J connectivity index is 1.72. The Morgan fingerprint density at radius 1 is 1.19 bits per heavy atom. The third kappa shape index (κ3) is 5.86. The van der Waals surface area contributed by atoms with Crippen molar-refractivity contribution in [2.24, 2.45) is 5.92 Å². The molecule has 114 valence electrons. The van der Waals surface area contributed by atoms with Gasteiger partial charge in [0.25, 0.3) is 0 Å². The maximum atomic E-state index is 5.72. The van der Waals surface area contributed by atoms with Gasteiger partial charge in [0.15, 0.2) is 0 Å². The van der Waals surface area contributed by atoms with Gasteiger partial charge in [-0.15, -0.1) is 11.3 Å². The first kappa shape index (κ1) is 16.0. The molecule has 21 heavy (non-hydrogen) atoms. The Morgan fingerprint density at radius 3 is 2.57 bits per heavy atom. The van der Waals surface area contributed by atoms with Gasteiger partial charge in [0.2, 0.25) is 0 Å². The molecular weight excluding hydrogens is 280 g/mol. The molecule has 0 aliphatic carbocycles. The number of aryl methyl sites for hydroxylation is 1. The van der Waals surface area contributed by atoms with Crippen molar-refractivity contribution in [3.8, 4) is 5.75 Å². The SMILES string of the molecule is Cc1ncc(CNCc2ccc(OCCC(C)C)cc2)s1. The number of benzene rings is 1. The first-order valence-electron chi connectivity index (χ1n) is 7.47. The second-order valence-corrected chi connectivity index (χ2v) is 6.94. The normalized spacial score (nSPS) is 11.0. The van der Waals surface area contributed by atoms with Gasteiger partial charge in [-0.1, -0.05) is 26.0 Å². The molecule has 4 heteroatoms. The number of nitrogens with zero attached hydrogens (tertiary/aromatic N) is 1. The quantitative estimate of drug-likeness (QED) is 0.795. The minimum Gasteiger partial charge on any atom is -0.494 e. The Kier molecular flexibility index (Phi) is 6.21. The van der Waals surface area contributed by atoms with E-state index in [0.717, 1.165) is 36.9 Å². The fourth-order valence-electron chi connectivity index (χ4n) is 1.93. The zero-order valence-electron chi connectivity index (χ0n) is 13.1. The van der Waals surface area contributed by atoms with Crippen molar-refractivity contribution in [1.29, 1.82) is 0 Å². The molecule has 1 aromatic carbocycles. The zero-order valence-corrected chi connectivity index (χ0v) is 13.9. The highest BCUT2D eigenvalue weighted by atomic mass is 32.1. The summed E-state index contributed by atoms with van der Waals surface area (Å²) in [6.07, 6.45) is 3.04. The van der Waals surface area contributed by atoms with Crippen LogP contribution in [0.2, 0.25) is 0 Å².